The molecule has 2 N–H and O–H groups in total. The highest BCUT2D eigenvalue weighted by Gasteiger charge is 2.29. The lowest BCUT2D eigenvalue weighted by molar-refractivity contribution is -0.121. The highest BCUT2D eigenvalue weighted by molar-refractivity contribution is 7.15. The summed E-state index contributed by atoms with van der Waals surface area (Å²) >= 11 is 0. The van der Waals surface area contributed by atoms with Gasteiger partial charge in [-0.05, 0) is 37.2 Å². The van der Waals surface area contributed by atoms with E-state index in [0.717, 1.165) is 11.1 Å². The van der Waals surface area contributed by atoms with Crippen LogP contribution in [0.25, 0.3) is 11.1 Å². The third kappa shape index (κ3) is 3.87. The van der Waals surface area contributed by atoms with Crippen molar-refractivity contribution in [3.8, 4) is 11.1 Å². The first-order chi connectivity index (χ1) is 14.2. The van der Waals surface area contributed by atoms with Gasteiger partial charge in [-0.2, -0.15) is 0 Å². The summed E-state index contributed by atoms with van der Waals surface area (Å²) in [5.41, 5.74) is 5.30. The van der Waals surface area contributed by atoms with Gasteiger partial charge in [0.1, 0.15) is 12.6 Å². The number of carbonyl (C=O) groups excluding carboxylic acids is 2. The predicted octanol–water partition coefficient (Wildman–Crippen LogP) is 4.17. The first-order valence-corrected chi connectivity index (χ1v) is 9.93. The molecule has 0 saturated carbocycles. The van der Waals surface area contributed by atoms with Gasteiger partial charge in [-0.25, -0.2) is 4.79 Å². The minimum absolute atomic E-state index is 0.0288. The van der Waals surface area contributed by atoms with E-state index in [-0.39, 0.29) is 18.4 Å². The molecule has 0 spiro atoms. The van der Waals surface area contributed by atoms with Crippen molar-refractivity contribution in [3.63, 3.8) is 0 Å². The van der Waals surface area contributed by atoms with E-state index in [4.69, 9.17) is 4.74 Å². The zero-order valence-electron chi connectivity index (χ0n) is 15.7. The number of ether oxygens (including phenoxy) is 1. The van der Waals surface area contributed by atoms with E-state index in [1.807, 2.05) is 42.5 Å². The summed E-state index contributed by atoms with van der Waals surface area (Å²) in [6.07, 6.45) is -0.630. The molecule has 29 heavy (non-hydrogen) atoms. The smallest absolute Gasteiger partial charge is 0.408 e. The Balaban J connectivity index is 1.49. The second-order valence-corrected chi connectivity index (χ2v) is 7.11. The Kier molecular flexibility index (Phi) is 5.59. The third-order valence-corrected chi connectivity index (χ3v) is 5.43. The second kappa shape index (κ2) is 8.46. The van der Waals surface area contributed by atoms with Crippen molar-refractivity contribution >= 4 is 21.4 Å². The van der Waals surface area contributed by atoms with Crippen molar-refractivity contribution in [2.75, 3.05) is 6.61 Å². The highest BCUT2D eigenvalue weighted by atomic mass is 31.0. The summed E-state index contributed by atoms with van der Waals surface area (Å²) in [6.45, 7) is 0.198. The van der Waals surface area contributed by atoms with Crippen molar-refractivity contribution in [1.82, 2.24) is 10.4 Å². The molecule has 2 amide bonds. The Morgan fingerprint density at radius 3 is 2.00 bits per heavy atom. The summed E-state index contributed by atoms with van der Waals surface area (Å²) in [7, 11) is 2.16. The van der Waals surface area contributed by atoms with Crippen LogP contribution in [-0.2, 0) is 9.53 Å². The van der Waals surface area contributed by atoms with Crippen LogP contribution in [0.15, 0.2) is 78.9 Å². The number of hydrogen-bond donors (Lipinski definition) is 2. The van der Waals surface area contributed by atoms with Crippen molar-refractivity contribution in [2.24, 2.45) is 0 Å². The van der Waals surface area contributed by atoms with E-state index < -0.39 is 12.1 Å². The Morgan fingerprint density at radius 2 is 1.41 bits per heavy atom. The van der Waals surface area contributed by atoms with Gasteiger partial charge in [0, 0.05) is 5.92 Å². The minimum Gasteiger partial charge on any atom is -0.449 e. The molecule has 2 unspecified atom stereocenters. The van der Waals surface area contributed by atoms with Gasteiger partial charge in [0.05, 0.1) is 0 Å². The number of hydrogen-bond acceptors (Lipinski definition) is 3. The van der Waals surface area contributed by atoms with Crippen molar-refractivity contribution in [1.29, 1.82) is 0 Å². The maximum Gasteiger partial charge on any atom is 0.408 e. The lowest BCUT2D eigenvalue weighted by Gasteiger charge is -2.19. The molecule has 2 atom stereocenters. The fraction of sp³-hybridized carbons (Fsp3) is 0.130. The molecule has 0 radical (unpaired) electrons. The predicted molar refractivity (Wildman–Crippen MR) is 115 cm³/mol. The van der Waals surface area contributed by atoms with Gasteiger partial charge in [0.2, 0.25) is 5.91 Å². The average molecular weight is 404 g/mol. The molecule has 3 aromatic rings. The van der Waals surface area contributed by atoms with Gasteiger partial charge in [-0.3, -0.25) is 4.79 Å². The van der Waals surface area contributed by atoms with Crippen LogP contribution in [0.4, 0.5) is 4.79 Å². The fourth-order valence-electron chi connectivity index (χ4n) is 3.79. The molecular formula is C23H21N2O3P. The quantitative estimate of drug-likeness (QED) is 0.627. The normalized spacial score (nSPS) is 13.1. The number of benzene rings is 3. The number of nitrogens with one attached hydrogen (secondary N) is 2. The molecule has 0 heterocycles. The molecule has 1 aliphatic rings. The summed E-state index contributed by atoms with van der Waals surface area (Å²) < 4.78 is 5.55. The second-order valence-electron chi connectivity index (χ2n) is 6.82. The van der Waals surface area contributed by atoms with Gasteiger partial charge in [0.25, 0.3) is 0 Å². The molecular weight excluding hydrogens is 383 g/mol. The molecule has 0 saturated heterocycles. The van der Waals surface area contributed by atoms with Crippen LogP contribution in [0.3, 0.4) is 0 Å². The van der Waals surface area contributed by atoms with Crippen molar-refractivity contribution in [2.45, 2.75) is 12.0 Å². The number of fused-ring (bicyclic) bond motifs is 3. The number of amides is 2. The van der Waals surface area contributed by atoms with Crippen molar-refractivity contribution in [3.05, 3.63) is 95.6 Å². The molecule has 4 rings (SSSR count). The largest absolute Gasteiger partial charge is 0.449 e. The van der Waals surface area contributed by atoms with E-state index >= 15 is 0 Å². The Hall–Kier alpha value is -3.17. The Labute approximate surface area is 171 Å². The molecule has 1 aliphatic carbocycles. The van der Waals surface area contributed by atoms with Crippen LogP contribution in [0.2, 0.25) is 0 Å². The first-order valence-electron chi connectivity index (χ1n) is 9.36. The molecule has 5 nitrogen and oxygen atoms in total. The molecule has 0 bridgehead atoms. The number of rotatable bonds is 5. The fourth-order valence-corrected chi connectivity index (χ4v) is 3.95. The zero-order chi connectivity index (χ0) is 20.2. The van der Waals surface area contributed by atoms with E-state index in [2.05, 4.69) is 44.1 Å². The minimum atomic E-state index is -0.829. The van der Waals surface area contributed by atoms with Gasteiger partial charge in [0.15, 0.2) is 0 Å². The lowest BCUT2D eigenvalue weighted by Crippen LogP contribution is -2.38. The Bertz CT molecular complexity index is 994. The third-order valence-electron chi connectivity index (χ3n) is 5.14. The topological polar surface area (TPSA) is 67.4 Å². The Morgan fingerprint density at radius 1 is 0.862 bits per heavy atom. The van der Waals surface area contributed by atoms with Gasteiger partial charge in [-0.15, -0.1) is 0 Å². The first kappa shape index (κ1) is 19.2. The van der Waals surface area contributed by atoms with Gasteiger partial charge in [-0.1, -0.05) is 78.9 Å². The lowest BCUT2D eigenvalue weighted by atomic mass is 9.98. The summed E-state index contributed by atoms with van der Waals surface area (Å²) in [6, 6.07) is 24.5. The number of alkyl carbamates (subject to hydrolysis) is 1. The van der Waals surface area contributed by atoms with Crippen LogP contribution < -0.4 is 10.4 Å². The molecule has 0 aliphatic heterocycles. The SMILES string of the molecule is O=C(NC(C(=O)NP)c1ccccc1)OCC1c2ccccc2-c2ccccc21. The maximum atomic E-state index is 12.5. The monoisotopic (exact) mass is 404 g/mol. The van der Waals surface area contributed by atoms with Crippen LogP contribution in [0.1, 0.15) is 28.7 Å². The van der Waals surface area contributed by atoms with E-state index in [0.29, 0.717) is 5.56 Å². The van der Waals surface area contributed by atoms with E-state index in [1.54, 1.807) is 12.1 Å². The van der Waals surface area contributed by atoms with Crippen LogP contribution >= 0.6 is 9.39 Å². The molecule has 146 valence electrons. The van der Waals surface area contributed by atoms with Gasteiger partial charge >= 0.3 is 6.09 Å². The molecule has 0 aromatic heterocycles. The van der Waals surface area contributed by atoms with Crippen LogP contribution in [-0.4, -0.2) is 18.6 Å². The summed E-state index contributed by atoms with van der Waals surface area (Å²) in [5, 5.41) is 5.17. The molecule has 0 fully saturated rings. The average Bonchev–Trinajstić information content (AvgIpc) is 3.10. The zero-order valence-corrected chi connectivity index (χ0v) is 16.8. The number of carbonyl (C=O) groups is 2. The highest BCUT2D eigenvalue weighted by Crippen LogP contribution is 2.44. The van der Waals surface area contributed by atoms with Crippen LogP contribution in [0, 0.1) is 0 Å². The van der Waals surface area contributed by atoms with Gasteiger partial charge < -0.3 is 15.1 Å². The van der Waals surface area contributed by atoms with E-state index in [1.165, 1.54) is 11.1 Å². The standard InChI is InChI=1S/C23H21N2O3P/c26-22(25-29)21(15-8-2-1-3-9-15)24-23(27)28-14-20-18-12-6-4-10-16(18)17-11-5-7-13-19(17)20/h1-13,20-21H,14,29H2,(H,24,27)(H,25,26). The molecule has 6 heteroatoms. The maximum absolute atomic E-state index is 12.5. The van der Waals surface area contributed by atoms with E-state index in [9.17, 15) is 9.59 Å². The van der Waals surface area contributed by atoms with Crippen molar-refractivity contribution < 1.29 is 14.3 Å². The summed E-state index contributed by atoms with van der Waals surface area (Å²) in [4.78, 5) is 24.7. The molecule has 3 aromatic carbocycles. The summed E-state index contributed by atoms with van der Waals surface area (Å²) in [5.74, 6) is -0.367. The van der Waals surface area contributed by atoms with Crippen LogP contribution in [0.5, 0.6) is 0 Å².